The van der Waals surface area contributed by atoms with Gasteiger partial charge < -0.3 is 4.74 Å². The third-order valence-electron chi connectivity index (χ3n) is 3.24. The molecule has 0 fully saturated rings. The van der Waals surface area contributed by atoms with Crippen LogP contribution < -0.4 is 10.0 Å². The Hall–Kier alpha value is -2.06. The molecule has 0 unspecified atom stereocenters. The molecule has 0 heterocycles. The summed E-state index contributed by atoms with van der Waals surface area (Å²) in [6.07, 6.45) is 1.18. The maximum Gasteiger partial charge on any atom is 0.411 e. The minimum Gasteiger partial charge on any atom is -0.449 e. The molecule has 0 aliphatic carbocycles. The summed E-state index contributed by atoms with van der Waals surface area (Å²) in [5.74, 6) is 0. The van der Waals surface area contributed by atoms with Crippen LogP contribution in [0, 0.1) is 0 Å². The average Bonchev–Trinajstić information content (AvgIpc) is 2.57. The lowest BCUT2D eigenvalue weighted by Gasteiger charge is -2.10. The van der Waals surface area contributed by atoms with Gasteiger partial charge in [0.15, 0.2) is 0 Å². The maximum atomic E-state index is 12.4. The fraction of sp³-hybridized carbons (Fsp3) is 0.235. The minimum atomic E-state index is -3.70. The molecule has 0 saturated carbocycles. The lowest BCUT2D eigenvalue weighted by Crippen LogP contribution is -2.15. The number of hydrogen-bond acceptors (Lipinski definition) is 4. The van der Waals surface area contributed by atoms with Crippen molar-refractivity contribution in [3.05, 3.63) is 53.0 Å². The highest BCUT2D eigenvalue weighted by atomic mass is 79.9. The fourth-order valence-electron chi connectivity index (χ4n) is 1.91. The Balaban J connectivity index is 2.00. The van der Waals surface area contributed by atoms with Crippen molar-refractivity contribution in [3.63, 3.8) is 0 Å². The highest BCUT2D eigenvalue weighted by molar-refractivity contribution is 9.10. The summed E-state index contributed by atoms with van der Waals surface area (Å²) in [5.41, 5.74) is 0.925. The number of benzene rings is 2. The summed E-state index contributed by atoms with van der Waals surface area (Å²) < 4.78 is 33.1. The van der Waals surface area contributed by atoms with Gasteiger partial charge >= 0.3 is 6.09 Å². The van der Waals surface area contributed by atoms with E-state index in [4.69, 9.17) is 4.74 Å². The first-order valence-corrected chi connectivity index (χ1v) is 10.0. The molecule has 0 radical (unpaired) electrons. The second-order valence-corrected chi connectivity index (χ2v) is 7.85. The van der Waals surface area contributed by atoms with Gasteiger partial charge in [-0.15, -0.1) is 0 Å². The van der Waals surface area contributed by atoms with E-state index in [0.29, 0.717) is 18.0 Å². The van der Waals surface area contributed by atoms with E-state index in [1.807, 2.05) is 6.92 Å². The highest BCUT2D eigenvalue weighted by Gasteiger charge is 2.14. The predicted octanol–water partition coefficient (Wildman–Crippen LogP) is 4.60. The van der Waals surface area contributed by atoms with E-state index < -0.39 is 16.1 Å². The van der Waals surface area contributed by atoms with E-state index in [1.54, 1.807) is 24.3 Å². The molecule has 0 spiro atoms. The Bertz CT molecular complexity index is 806. The van der Waals surface area contributed by atoms with E-state index in [0.717, 1.165) is 17.3 Å². The quantitative estimate of drug-likeness (QED) is 0.633. The van der Waals surface area contributed by atoms with Crippen molar-refractivity contribution in [3.8, 4) is 0 Å². The van der Waals surface area contributed by atoms with E-state index >= 15 is 0 Å². The van der Waals surface area contributed by atoms with Gasteiger partial charge in [-0.1, -0.05) is 29.3 Å². The minimum absolute atomic E-state index is 0.0975. The SMILES string of the molecule is CCCCOC(=O)Nc1ccc(S(=O)(=O)Nc2ccc(Br)cc2)cc1. The third-order valence-corrected chi connectivity index (χ3v) is 5.16. The van der Waals surface area contributed by atoms with E-state index in [1.165, 1.54) is 24.3 Å². The van der Waals surface area contributed by atoms with Crippen LogP contribution in [0.1, 0.15) is 19.8 Å². The van der Waals surface area contributed by atoms with Gasteiger partial charge in [-0.05, 0) is 55.0 Å². The van der Waals surface area contributed by atoms with Crippen LogP contribution in [0.15, 0.2) is 57.9 Å². The number of rotatable bonds is 7. The Morgan fingerprint density at radius 2 is 1.64 bits per heavy atom. The van der Waals surface area contributed by atoms with Gasteiger partial charge in [0, 0.05) is 15.8 Å². The molecule has 2 rings (SSSR count). The number of anilines is 2. The first-order valence-electron chi connectivity index (χ1n) is 7.73. The molecule has 0 aliphatic heterocycles. The van der Waals surface area contributed by atoms with Crippen LogP contribution >= 0.6 is 15.9 Å². The molecule has 0 aliphatic rings. The molecule has 2 N–H and O–H groups in total. The molecule has 1 amide bonds. The second-order valence-electron chi connectivity index (χ2n) is 5.25. The Labute approximate surface area is 155 Å². The van der Waals surface area contributed by atoms with E-state index in [-0.39, 0.29) is 4.90 Å². The van der Waals surface area contributed by atoms with Crippen molar-refractivity contribution in [1.82, 2.24) is 0 Å². The normalized spacial score (nSPS) is 11.0. The molecular formula is C17H19BrN2O4S. The van der Waals surface area contributed by atoms with Crippen molar-refractivity contribution >= 4 is 43.4 Å². The van der Waals surface area contributed by atoms with Gasteiger partial charge in [-0.25, -0.2) is 13.2 Å². The van der Waals surface area contributed by atoms with Crippen LogP contribution in [0.25, 0.3) is 0 Å². The van der Waals surface area contributed by atoms with Crippen molar-refractivity contribution in [1.29, 1.82) is 0 Å². The third kappa shape index (κ3) is 6.06. The molecule has 134 valence electrons. The van der Waals surface area contributed by atoms with Gasteiger partial charge in [0.25, 0.3) is 10.0 Å². The number of halogens is 1. The molecule has 2 aromatic carbocycles. The Morgan fingerprint density at radius 3 is 2.24 bits per heavy atom. The molecular weight excluding hydrogens is 408 g/mol. The number of carbonyl (C=O) groups is 1. The average molecular weight is 427 g/mol. The van der Waals surface area contributed by atoms with Crippen molar-refractivity contribution < 1.29 is 17.9 Å². The summed E-state index contributed by atoms with van der Waals surface area (Å²) in [6.45, 7) is 2.36. The van der Waals surface area contributed by atoms with Gasteiger partial charge in [0.2, 0.25) is 0 Å². The van der Waals surface area contributed by atoms with Gasteiger partial charge in [-0.3, -0.25) is 10.0 Å². The second kappa shape index (κ2) is 8.87. The molecule has 25 heavy (non-hydrogen) atoms. The standard InChI is InChI=1S/C17H19BrN2O4S/c1-2-3-12-24-17(21)19-14-8-10-16(11-9-14)25(22,23)20-15-6-4-13(18)5-7-15/h4-11,20H,2-3,12H2,1H3,(H,19,21). The van der Waals surface area contributed by atoms with Crippen molar-refractivity contribution in [2.24, 2.45) is 0 Å². The lowest BCUT2D eigenvalue weighted by atomic mass is 10.3. The van der Waals surface area contributed by atoms with Crippen LogP contribution in [-0.4, -0.2) is 21.1 Å². The molecule has 0 aromatic heterocycles. The molecule has 0 atom stereocenters. The zero-order valence-electron chi connectivity index (χ0n) is 13.7. The summed E-state index contributed by atoms with van der Waals surface area (Å²) in [5, 5.41) is 2.55. The number of carbonyl (C=O) groups excluding carboxylic acids is 1. The lowest BCUT2D eigenvalue weighted by molar-refractivity contribution is 0.160. The summed E-state index contributed by atoms with van der Waals surface area (Å²) in [4.78, 5) is 11.7. The summed E-state index contributed by atoms with van der Waals surface area (Å²) in [6, 6.07) is 12.7. The molecule has 0 bridgehead atoms. The fourth-order valence-corrected chi connectivity index (χ4v) is 3.24. The van der Waals surface area contributed by atoms with Crippen molar-refractivity contribution in [2.75, 3.05) is 16.6 Å². The molecule has 2 aromatic rings. The van der Waals surface area contributed by atoms with Gasteiger partial charge in [0.05, 0.1) is 11.5 Å². The summed E-state index contributed by atoms with van der Waals surface area (Å²) >= 11 is 3.30. The number of unbranched alkanes of at least 4 members (excludes halogenated alkanes) is 1. The molecule has 8 heteroatoms. The van der Waals surface area contributed by atoms with Crippen LogP contribution in [0.2, 0.25) is 0 Å². The largest absolute Gasteiger partial charge is 0.449 e. The van der Waals surface area contributed by atoms with Crippen LogP contribution in [0.3, 0.4) is 0 Å². The summed E-state index contributed by atoms with van der Waals surface area (Å²) in [7, 11) is -3.70. The first kappa shape index (κ1) is 19.3. The van der Waals surface area contributed by atoms with Crippen LogP contribution in [0.5, 0.6) is 0 Å². The Kier molecular flexibility index (Phi) is 6.83. The molecule has 6 nitrogen and oxygen atoms in total. The zero-order chi connectivity index (χ0) is 18.3. The monoisotopic (exact) mass is 426 g/mol. The van der Waals surface area contributed by atoms with Gasteiger partial charge in [-0.2, -0.15) is 0 Å². The van der Waals surface area contributed by atoms with E-state index in [9.17, 15) is 13.2 Å². The number of sulfonamides is 1. The van der Waals surface area contributed by atoms with E-state index in [2.05, 4.69) is 26.0 Å². The van der Waals surface area contributed by atoms with Crippen LogP contribution in [0.4, 0.5) is 16.2 Å². The van der Waals surface area contributed by atoms with Gasteiger partial charge in [0.1, 0.15) is 0 Å². The zero-order valence-corrected chi connectivity index (χ0v) is 16.1. The smallest absolute Gasteiger partial charge is 0.411 e. The topological polar surface area (TPSA) is 84.5 Å². The van der Waals surface area contributed by atoms with Crippen molar-refractivity contribution in [2.45, 2.75) is 24.7 Å². The molecule has 0 saturated heterocycles. The first-order chi connectivity index (χ1) is 11.9. The van der Waals surface area contributed by atoms with Crippen LogP contribution in [-0.2, 0) is 14.8 Å². The maximum absolute atomic E-state index is 12.4. The number of hydrogen-bond donors (Lipinski definition) is 2. The number of ether oxygens (including phenoxy) is 1. The highest BCUT2D eigenvalue weighted by Crippen LogP contribution is 2.20. The predicted molar refractivity (Wildman–Crippen MR) is 101 cm³/mol. The number of amides is 1. The Morgan fingerprint density at radius 1 is 1.04 bits per heavy atom. The number of nitrogens with one attached hydrogen (secondary N) is 2.